The number of anilines is 1. The van der Waals surface area contributed by atoms with Crippen molar-refractivity contribution in [2.75, 3.05) is 44.9 Å². The summed E-state index contributed by atoms with van der Waals surface area (Å²) >= 11 is 1.26. The highest BCUT2D eigenvalue weighted by Gasteiger charge is 2.35. The standard InChI is InChI=1S/C31H29N3O6S/c1-3-39-30(36)26-27(20-7-5-4-6-8-20)32-31-34(28(26)21-9-11-22(37-2)12-10-21)29(35)24(41-31)19-23-13-14-25(40-23)33-15-17-38-18-16-33/h4-14,19,28H,3,15-18H2,1-2H3/b24-19-/t28-/m0/s1. The molecule has 0 N–H and O–H groups in total. The van der Waals surface area contributed by atoms with E-state index >= 15 is 0 Å². The van der Waals surface area contributed by atoms with Crippen molar-refractivity contribution >= 4 is 35.0 Å². The van der Waals surface area contributed by atoms with Crippen molar-refractivity contribution in [1.82, 2.24) is 4.57 Å². The van der Waals surface area contributed by atoms with E-state index in [1.165, 1.54) is 11.3 Å². The molecule has 6 rings (SSSR count). The number of thiazole rings is 1. The van der Waals surface area contributed by atoms with Gasteiger partial charge >= 0.3 is 5.97 Å². The molecule has 10 heteroatoms. The number of carbonyl (C=O) groups excluding carboxylic acids is 1. The predicted molar refractivity (Wildman–Crippen MR) is 156 cm³/mol. The second-order valence-electron chi connectivity index (χ2n) is 9.48. The Hall–Kier alpha value is -4.41. The Morgan fingerprint density at radius 1 is 1.07 bits per heavy atom. The van der Waals surface area contributed by atoms with Crippen LogP contribution in [0, 0.1) is 0 Å². The molecule has 4 aromatic rings. The number of rotatable bonds is 7. The molecule has 2 aromatic heterocycles. The van der Waals surface area contributed by atoms with E-state index in [4.69, 9.17) is 23.6 Å². The highest BCUT2D eigenvalue weighted by molar-refractivity contribution is 7.07. The van der Waals surface area contributed by atoms with Crippen LogP contribution in [0.25, 0.3) is 11.8 Å². The SMILES string of the molecule is CCOC(=O)C1=C(c2ccccc2)N=c2s/c(=C\c3ccc(N4CCOCC4)o3)c(=O)n2[C@H]1c1ccc(OC)cc1. The molecule has 1 atom stereocenters. The maximum absolute atomic E-state index is 14.0. The van der Waals surface area contributed by atoms with Gasteiger partial charge in [-0.2, -0.15) is 0 Å². The van der Waals surface area contributed by atoms with Crippen molar-refractivity contribution < 1.29 is 23.4 Å². The molecule has 0 unspecified atom stereocenters. The normalized spacial score (nSPS) is 17.3. The summed E-state index contributed by atoms with van der Waals surface area (Å²) < 4.78 is 24.4. The maximum atomic E-state index is 14.0. The highest BCUT2D eigenvalue weighted by atomic mass is 32.1. The van der Waals surface area contributed by atoms with Gasteiger partial charge in [0.1, 0.15) is 11.5 Å². The first-order valence-electron chi connectivity index (χ1n) is 13.4. The highest BCUT2D eigenvalue weighted by Crippen LogP contribution is 2.35. The van der Waals surface area contributed by atoms with Gasteiger partial charge in [0.05, 0.1) is 48.8 Å². The van der Waals surface area contributed by atoms with E-state index in [-0.39, 0.29) is 12.2 Å². The minimum Gasteiger partial charge on any atom is -0.497 e. The lowest BCUT2D eigenvalue weighted by Gasteiger charge is -2.26. The number of fused-ring (bicyclic) bond motifs is 1. The van der Waals surface area contributed by atoms with Gasteiger partial charge in [-0.05, 0) is 30.7 Å². The zero-order valence-electron chi connectivity index (χ0n) is 22.7. The Balaban J connectivity index is 1.54. The number of methoxy groups -OCH3 is 1. The van der Waals surface area contributed by atoms with Crippen molar-refractivity contribution in [3.8, 4) is 5.75 Å². The number of nitrogens with zero attached hydrogens (tertiary/aromatic N) is 3. The molecule has 2 aromatic carbocycles. The third-order valence-electron chi connectivity index (χ3n) is 7.01. The van der Waals surface area contributed by atoms with E-state index in [1.807, 2.05) is 66.7 Å². The summed E-state index contributed by atoms with van der Waals surface area (Å²) in [5, 5.41) is 0. The fourth-order valence-electron chi connectivity index (χ4n) is 5.04. The zero-order valence-corrected chi connectivity index (χ0v) is 23.6. The zero-order chi connectivity index (χ0) is 28.3. The van der Waals surface area contributed by atoms with Crippen LogP contribution in [-0.2, 0) is 14.3 Å². The number of hydrogen-bond acceptors (Lipinski definition) is 9. The van der Waals surface area contributed by atoms with Crippen LogP contribution in [0.15, 0.2) is 86.5 Å². The molecular weight excluding hydrogens is 542 g/mol. The van der Waals surface area contributed by atoms with Crippen LogP contribution in [0.1, 0.15) is 29.9 Å². The fourth-order valence-corrected chi connectivity index (χ4v) is 6.03. The third kappa shape index (κ3) is 5.23. The molecule has 1 fully saturated rings. The lowest BCUT2D eigenvalue weighted by molar-refractivity contribution is -0.138. The average Bonchev–Trinajstić information content (AvgIpc) is 3.61. The van der Waals surface area contributed by atoms with Crippen LogP contribution < -0.4 is 24.5 Å². The van der Waals surface area contributed by atoms with Gasteiger partial charge in [0, 0.05) is 30.8 Å². The molecule has 210 valence electrons. The molecule has 0 aliphatic carbocycles. The van der Waals surface area contributed by atoms with Gasteiger partial charge in [-0.25, -0.2) is 9.79 Å². The van der Waals surface area contributed by atoms with Crippen molar-refractivity contribution in [1.29, 1.82) is 0 Å². The van der Waals surface area contributed by atoms with Gasteiger partial charge in [0.25, 0.3) is 5.56 Å². The summed E-state index contributed by atoms with van der Waals surface area (Å²) in [7, 11) is 1.59. The Morgan fingerprint density at radius 3 is 2.54 bits per heavy atom. The summed E-state index contributed by atoms with van der Waals surface area (Å²) in [5.41, 5.74) is 2.00. The van der Waals surface area contributed by atoms with E-state index in [2.05, 4.69) is 4.90 Å². The van der Waals surface area contributed by atoms with Crippen molar-refractivity contribution in [3.63, 3.8) is 0 Å². The monoisotopic (exact) mass is 571 g/mol. The number of morpholine rings is 1. The lowest BCUT2D eigenvalue weighted by Crippen LogP contribution is -2.40. The summed E-state index contributed by atoms with van der Waals surface area (Å²) in [6.45, 7) is 4.73. The topological polar surface area (TPSA) is 95.5 Å². The van der Waals surface area contributed by atoms with Gasteiger partial charge in [0.2, 0.25) is 0 Å². The largest absolute Gasteiger partial charge is 0.497 e. The molecule has 0 bridgehead atoms. The van der Waals surface area contributed by atoms with Gasteiger partial charge in [0.15, 0.2) is 10.7 Å². The van der Waals surface area contributed by atoms with Gasteiger partial charge < -0.3 is 23.5 Å². The van der Waals surface area contributed by atoms with Crippen LogP contribution >= 0.6 is 11.3 Å². The van der Waals surface area contributed by atoms with Crippen molar-refractivity contribution in [2.24, 2.45) is 4.99 Å². The Kier molecular flexibility index (Phi) is 7.58. The van der Waals surface area contributed by atoms with Crippen LogP contribution in [-0.4, -0.2) is 50.6 Å². The summed E-state index contributed by atoms with van der Waals surface area (Å²) in [4.78, 5) is 35.0. The molecule has 0 radical (unpaired) electrons. The van der Waals surface area contributed by atoms with Crippen LogP contribution in [0.4, 0.5) is 5.88 Å². The Bertz CT molecular complexity index is 1760. The second kappa shape index (κ2) is 11.6. The Morgan fingerprint density at radius 2 is 1.83 bits per heavy atom. The van der Waals surface area contributed by atoms with Gasteiger partial charge in [-0.15, -0.1) is 0 Å². The second-order valence-corrected chi connectivity index (χ2v) is 10.5. The molecule has 4 heterocycles. The summed E-state index contributed by atoms with van der Waals surface area (Å²) in [6, 6.07) is 19.8. The first-order chi connectivity index (χ1) is 20.1. The average molecular weight is 572 g/mol. The maximum Gasteiger partial charge on any atom is 0.338 e. The van der Waals surface area contributed by atoms with Crippen LogP contribution in [0.3, 0.4) is 0 Å². The predicted octanol–water partition coefficient (Wildman–Crippen LogP) is 3.37. The fraction of sp³-hybridized carbons (Fsp3) is 0.258. The number of ether oxygens (including phenoxy) is 3. The molecule has 0 saturated carbocycles. The van der Waals surface area contributed by atoms with E-state index in [1.54, 1.807) is 24.7 Å². The molecule has 9 nitrogen and oxygen atoms in total. The van der Waals surface area contributed by atoms with E-state index in [0.29, 0.717) is 45.3 Å². The first kappa shape index (κ1) is 26.8. The van der Waals surface area contributed by atoms with Crippen molar-refractivity contribution in [2.45, 2.75) is 13.0 Å². The Labute approximate surface area is 240 Å². The molecule has 1 saturated heterocycles. The molecule has 2 aliphatic heterocycles. The third-order valence-corrected chi connectivity index (χ3v) is 8.00. The first-order valence-corrected chi connectivity index (χ1v) is 14.2. The molecule has 0 amide bonds. The minimum absolute atomic E-state index is 0.189. The number of benzene rings is 2. The quantitative estimate of drug-likeness (QED) is 0.314. The number of aromatic nitrogens is 1. The van der Waals surface area contributed by atoms with E-state index in [0.717, 1.165) is 30.1 Å². The molecule has 41 heavy (non-hydrogen) atoms. The molecule has 0 spiro atoms. The van der Waals surface area contributed by atoms with E-state index in [9.17, 15) is 9.59 Å². The number of esters is 1. The molecular formula is C31H29N3O6S. The number of hydrogen-bond donors (Lipinski definition) is 0. The van der Waals surface area contributed by atoms with Crippen molar-refractivity contribution in [3.05, 3.63) is 109 Å². The molecule has 2 aliphatic rings. The lowest BCUT2D eigenvalue weighted by atomic mass is 9.93. The smallest absolute Gasteiger partial charge is 0.338 e. The van der Waals surface area contributed by atoms with Crippen LogP contribution in [0.2, 0.25) is 0 Å². The number of carbonyl (C=O) groups is 1. The van der Waals surface area contributed by atoms with Crippen LogP contribution in [0.5, 0.6) is 5.75 Å². The van der Waals surface area contributed by atoms with Gasteiger partial charge in [-0.1, -0.05) is 53.8 Å². The van der Waals surface area contributed by atoms with Gasteiger partial charge in [-0.3, -0.25) is 9.36 Å². The summed E-state index contributed by atoms with van der Waals surface area (Å²) in [5.74, 6) is 1.44. The minimum atomic E-state index is -0.755. The number of furan rings is 1. The summed E-state index contributed by atoms with van der Waals surface area (Å²) in [6.07, 6.45) is 1.73. The van der Waals surface area contributed by atoms with E-state index < -0.39 is 12.0 Å².